The third-order valence-electron chi connectivity index (χ3n) is 13.8. The van der Waals surface area contributed by atoms with Crippen LogP contribution in [-0.2, 0) is 17.6 Å². The molecule has 4 bridgehead atoms. The summed E-state index contributed by atoms with van der Waals surface area (Å²) < 4.78 is 0. The van der Waals surface area contributed by atoms with E-state index in [0.29, 0.717) is 49.5 Å². The SMILES string of the molecule is CN(CCc1c[nH]c2ccccc12)C(=O)c1ccccc1C(=O)N(CCc1c[nH]c2ccccc12)CCN1CCN(C(=O)CC23CC4CC(CC(C4)C2)C3)CC1. The van der Waals surface area contributed by atoms with Gasteiger partial charge in [0.15, 0.2) is 0 Å². The second-order valence-corrected chi connectivity index (χ2v) is 17.6. The Morgan fingerprint density at radius 2 is 1.18 bits per heavy atom. The highest BCUT2D eigenvalue weighted by atomic mass is 16.2. The van der Waals surface area contributed by atoms with Gasteiger partial charge in [0.25, 0.3) is 11.8 Å². The van der Waals surface area contributed by atoms with E-state index >= 15 is 0 Å². The van der Waals surface area contributed by atoms with Gasteiger partial charge in [-0.25, -0.2) is 0 Å². The van der Waals surface area contributed by atoms with Gasteiger partial charge in [-0.15, -0.1) is 0 Å². The van der Waals surface area contributed by atoms with Gasteiger partial charge >= 0.3 is 0 Å². The first-order valence-electron chi connectivity index (χ1n) is 21.0. The Hall–Kier alpha value is -4.89. The molecule has 1 saturated heterocycles. The molecule has 5 fully saturated rings. The number of para-hydroxylation sites is 2. The Balaban J connectivity index is 0.857. The topological polar surface area (TPSA) is 95.8 Å². The van der Waals surface area contributed by atoms with E-state index in [1.165, 1.54) is 60.4 Å². The predicted octanol–water partition coefficient (Wildman–Crippen LogP) is 7.40. The normalized spacial score (nSPS) is 23.2. The lowest BCUT2D eigenvalue weighted by atomic mass is 9.49. The van der Waals surface area contributed by atoms with Crippen molar-refractivity contribution in [2.75, 3.05) is 59.4 Å². The van der Waals surface area contributed by atoms with Crippen LogP contribution in [0.1, 0.15) is 76.8 Å². The van der Waals surface area contributed by atoms with Crippen molar-refractivity contribution in [3.8, 4) is 0 Å². The van der Waals surface area contributed by atoms with Crippen LogP contribution in [0, 0.1) is 23.2 Å². The predicted molar refractivity (Wildman–Crippen MR) is 222 cm³/mol. The molecule has 10 rings (SSSR count). The van der Waals surface area contributed by atoms with Crippen LogP contribution < -0.4 is 0 Å². The summed E-state index contributed by atoms with van der Waals surface area (Å²) in [6.45, 7) is 5.44. The molecule has 9 heteroatoms. The molecule has 3 amide bonds. The van der Waals surface area contributed by atoms with E-state index in [0.717, 1.165) is 67.9 Å². The minimum Gasteiger partial charge on any atom is -0.361 e. The third-order valence-corrected chi connectivity index (χ3v) is 13.8. The van der Waals surface area contributed by atoms with E-state index in [-0.39, 0.29) is 17.2 Å². The molecule has 3 heterocycles. The van der Waals surface area contributed by atoms with Crippen molar-refractivity contribution >= 4 is 39.5 Å². The molecule has 1 aliphatic heterocycles. The summed E-state index contributed by atoms with van der Waals surface area (Å²) in [5.41, 5.74) is 5.65. The first-order chi connectivity index (χ1) is 27.3. The number of carbonyl (C=O) groups excluding carboxylic acids is 3. The smallest absolute Gasteiger partial charge is 0.254 e. The fourth-order valence-electron chi connectivity index (χ4n) is 11.3. The first-order valence-corrected chi connectivity index (χ1v) is 21.0. The molecule has 9 nitrogen and oxygen atoms in total. The molecule has 5 aromatic rings. The lowest BCUT2D eigenvalue weighted by molar-refractivity contribution is -0.141. The van der Waals surface area contributed by atoms with E-state index in [2.05, 4.69) is 44.0 Å². The Morgan fingerprint density at radius 3 is 1.77 bits per heavy atom. The largest absolute Gasteiger partial charge is 0.361 e. The van der Waals surface area contributed by atoms with Gasteiger partial charge in [-0.3, -0.25) is 19.3 Å². The van der Waals surface area contributed by atoms with Crippen LogP contribution in [0.4, 0.5) is 0 Å². The van der Waals surface area contributed by atoms with Gasteiger partial charge in [0.05, 0.1) is 11.1 Å². The van der Waals surface area contributed by atoms with Crippen LogP contribution in [0.25, 0.3) is 21.8 Å². The van der Waals surface area contributed by atoms with Crippen LogP contribution in [0.5, 0.6) is 0 Å². The molecular weight excluding hydrogens is 697 g/mol. The molecular formula is C47H56N6O3. The molecule has 292 valence electrons. The van der Waals surface area contributed by atoms with E-state index < -0.39 is 0 Å². The number of hydrogen-bond acceptors (Lipinski definition) is 4. The maximum atomic E-state index is 14.6. The molecule has 56 heavy (non-hydrogen) atoms. The number of nitrogens with one attached hydrogen (secondary N) is 2. The zero-order valence-corrected chi connectivity index (χ0v) is 32.8. The highest BCUT2D eigenvalue weighted by Gasteiger charge is 2.51. The molecule has 3 aromatic carbocycles. The molecule has 4 aliphatic carbocycles. The molecule has 0 radical (unpaired) electrons. The average molecular weight is 753 g/mol. The molecule has 2 aromatic heterocycles. The van der Waals surface area contributed by atoms with Crippen molar-refractivity contribution in [2.45, 2.75) is 57.8 Å². The van der Waals surface area contributed by atoms with E-state index in [1.54, 1.807) is 17.0 Å². The molecule has 0 atom stereocenters. The number of hydrogen-bond donors (Lipinski definition) is 2. The summed E-state index contributed by atoms with van der Waals surface area (Å²) >= 11 is 0. The Morgan fingerprint density at radius 1 is 0.661 bits per heavy atom. The summed E-state index contributed by atoms with van der Waals surface area (Å²) in [5, 5.41) is 2.34. The van der Waals surface area contributed by atoms with Crippen molar-refractivity contribution < 1.29 is 14.4 Å². The number of carbonyl (C=O) groups is 3. The minimum absolute atomic E-state index is 0.122. The first kappa shape index (κ1) is 36.7. The summed E-state index contributed by atoms with van der Waals surface area (Å²) in [5.74, 6) is 2.65. The number of H-pyrrole nitrogens is 2. The highest BCUT2D eigenvalue weighted by Crippen LogP contribution is 2.61. The number of aromatic nitrogens is 2. The van der Waals surface area contributed by atoms with E-state index in [1.807, 2.05) is 60.7 Å². The molecule has 0 spiro atoms. The third kappa shape index (κ3) is 7.50. The number of benzene rings is 3. The summed E-state index contributed by atoms with van der Waals surface area (Å²) in [6.07, 6.45) is 14.2. The van der Waals surface area contributed by atoms with Gasteiger partial charge in [-0.1, -0.05) is 48.5 Å². The van der Waals surface area contributed by atoms with Gasteiger partial charge < -0.3 is 24.7 Å². The van der Waals surface area contributed by atoms with E-state index in [4.69, 9.17) is 0 Å². The van der Waals surface area contributed by atoms with Gasteiger partial charge in [0, 0.05) is 100 Å². The maximum Gasteiger partial charge on any atom is 0.254 e. The molecule has 4 saturated carbocycles. The Kier molecular flexibility index (Phi) is 10.2. The van der Waals surface area contributed by atoms with Gasteiger partial charge in [0.1, 0.15) is 0 Å². The lowest BCUT2D eigenvalue weighted by Gasteiger charge is -2.57. The van der Waals surface area contributed by atoms with Gasteiger partial charge in [-0.05, 0) is 110 Å². The molecule has 0 unspecified atom stereocenters. The molecule has 5 aliphatic rings. The minimum atomic E-state index is -0.153. The number of rotatable bonds is 13. The molecule has 2 N–H and O–H groups in total. The highest BCUT2D eigenvalue weighted by molar-refractivity contribution is 6.07. The van der Waals surface area contributed by atoms with Gasteiger partial charge in [-0.2, -0.15) is 0 Å². The maximum absolute atomic E-state index is 14.6. The number of amides is 3. The number of fused-ring (bicyclic) bond motifs is 2. The monoisotopic (exact) mass is 752 g/mol. The average Bonchev–Trinajstić information content (AvgIpc) is 3.83. The van der Waals surface area contributed by atoms with Crippen LogP contribution >= 0.6 is 0 Å². The Labute approximate surface area is 330 Å². The van der Waals surface area contributed by atoms with Crippen molar-refractivity contribution in [3.05, 3.63) is 107 Å². The van der Waals surface area contributed by atoms with Crippen LogP contribution in [0.3, 0.4) is 0 Å². The van der Waals surface area contributed by atoms with Gasteiger partial charge in [0.2, 0.25) is 5.91 Å². The van der Waals surface area contributed by atoms with Crippen molar-refractivity contribution in [1.82, 2.24) is 29.6 Å². The standard InChI is InChI=1S/C47H56N6O3/c1-50(16-14-36-31-48-42-12-6-4-8-38(36)42)45(55)40-10-2-3-11-41(40)46(56)53(17-15-37-32-49-43-13-7-5-9-39(37)43)23-20-51-18-21-52(22-19-51)44(54)30-47-27-33-24-34(28-47)26-35(25-33)29-47/h2-13,31-35,48-49H,14-30H2,1H3. The zero-order valence-electron chi connectivity index (χ0n) is 32.8. The summed E-state index contributed by atoms with van der Waals surface area (Å²) in [7, 11) is 1.82. The van der Waals surface area contributed by atoms with Crippen molar-refractivity contribution in [3.63, 3.8) is 0 Å². The van der Waals surface area contributed by atoms with Crippen LogP contribution in [0.2, 0.25) is 0 Å². The zero-order chi connectivity index (χ0) is 38.2. The quantitative estimate of drug-likeness (QED) is 0.131. The number of piperazine rings is 1. The van der Waals surface area contributed by atoms with Crippen LogP contribution in [0.15, 0.2) is 85.2 Å². The number of nitrogens with zero attached hydrogens (tertiary/aromatic N) is 4. The summed E-state index contributed by atoms with van der Waals surface area (Å²) in [6, 6.07) is 23.8. The Bertz CT molecular complexity index is 2180. The van der Waals surface area contributed by atoms with Crippen molar-refractivity contribution in [1.29, 1.82) is 0 Å². The second-order valence-electron chi connectivity index (χ2n) is 17.6. The second kappa shape index (κ2) is 15.6. The fourth-order valence-corrected chi connectivity index (χ4v) is 11.3. The van der Waals surface area contributed by atoms with Crippen LogP contribution in [-0.4, -0.2) is 107 Å². The van der Waals surface area contributed by atoms with E-state index in [9.17, 15) is 14.4 Å². The summed E-state index contributed by atoms with van der Waals surface area (Å²) in [4.78, 5) is 57.2. The fraction of sp³-hybridized carbons (Fsp3) is 0.468. The van der Waals surface area contributed by atoms with Crippen molar-refractivity contribution in [2.24, 2.45) is 23.2 Å². The lowest BCUT2D eigenvalue weighted by Crippen LogP contribution is -2.53. The number of likely N-dealkylation sites (N-methyl/N-ethyl adjacent to an activating group) is 1. The number of aromatic amines is 2.